The summed E-state index contributed by atoms with van der Waals surface area (Å²) in [5, 5.41) is 6.07. The number of nitrogens with one attached hydrogen (secondary N) is 1. The van der Waals surface area contributed by atoms with E-state index in [-0.39, 0.29) is 0 Å². The smallest absolute Gasteiger partial charge is 0.0775 e. The second-order valence-corrected chi connectivity index (χ2v) is 11.8. The summed E-state index contributed by atoms with van der Waals surface area (Å²) in [7, 11) is -1.22. The van der Waals surface area contributed by atoms with Gasteiger partial charge < -0.3 is 5.32 Å². The lowest BCUT2D eigenvalue weighted by atomic mass is 10.2. The molecule has 0 saturated carbocycles. The van der Waals surface area contributed by atoms with Crippen molar-refractivity contribution >= 4 is 42.1 Å². The summed E-state index contributed by atoms with van der Waals surface area (Å²) in [4.78, 5) is 0. The number of hydrogen-bond acceptors (Lipinski definition) is 1. The van der Waals surface area contributed by atoms with Gasteiger partial charge in [-0.3, -0.25) is 0 Å². The molecule has 0 fully saturated rings. The minimum Gasteiger partial charge on any atom is -0.379 e. The highest BCUT2D eigenvalue weighted by Crippen LogP contribution is 2.30. The Bertz CT molecular complexity index is 568. The first-order valence-electron chi connectivity index (χ1n) is 6.65. The third-order valence-electron chi connectivity index (χ3n) is 3.25. The number of anilines is 1. The van der Waals surface area contributed by atoms with Gasteiger partial charge in [-0.1, -0.05) is 78.4 Å². The van der Waals surface area contributed by atoms with Crippen LogP contribution >= 0.6 is 23.2 Å². The maximum atomic E-state index is 6.14. The van der Waals surface area contributed by atoms with Crippen molar-refractivity contribution in [3.63, 3.8) is 0 Å². The average molecular weight is 324 g/mol. The monoisotopic (exact) mass is 323 g/mol. The second-order valence-electron chi connectivity index (χ2n) is 5.90. The van der Waals surface area contributed by atoms with Crippen LogP contribution in [0.4, 0.5) is 5.69 Å². The Morgan fingerprint density at radius 1 is 0.900 bits per heavy atom. The largest absolute Gasteiger partial charge is 0.379 e. The molecular weight excluding hydrogens is 305 g/mol. The molecule has 0 bridgehead atoms. The van der Waals surface area contributed by atoms with Gasteiger partial charge in [0.2, 0.25) is 0 Å². The Hall–Kier alpha value is -0.963. The van der Waals surface area contributed by atoms with Crippen molar-refractivity contribution in [3.8, 4) is 0 Å². The highest BCUT2D eigenvalue weighted by atomic mass is 35.5. The van der Waals surface area contributed by atoms with Gasteiger partial charge in [0.1, 0.15) is 0 Å². The lowest BCUT2D eigenvalue weighted by Gasteiger charge is -2.17. The second kappa shape index (κ2) is 6.21. The quantitative estimate of drug-likeness (QED) is 0.767. The third-order valence-corrected chi connectivity index (χ3v) is 5.95. The Kier molecular flexibility index (Phi) is 4.79. The first kappa shape index (κ1) is 15.4. The summed E-state index contributed by atoms with van der Waals surface area (Å²) in [5.74, 6) is 0. The van der Waals surface area contributed by atoms with Crippen LogP contribution in [0.25, 0.3) is 0 Å². The van der Waals surface area contributed by atoms with E-state index in [2.05, 4.69) is 49.2 Å². The van der Waals surface area contributed by atoms with Gasteiger partial charge in [-0.05, 0) is 17.7 Å². The summed E-state index contributed by atoms with van der Waals surface area (Å²) in [5.41, 5.74) is 2.02. The molecule has 2 aromatic rings. The molecule has 0 aliphatic rings. The third kappa shape index (κ3) is 3.78. The molecule has 0 atom stereocenters. The van der Waals surface area contributed by atoms with Crippen molar-refractivity contribution in [3.05, 3.63) is 58.1 Å². The predicted molar refractivity (Wildman–Crippen MR) is 93.2 cm³/mol. The van der Waals surface area contributed by atoms with Crippen molar-refractivity contribution in [2.75, 3.05) is 5.32 Å². The van der Waals surface area contributed by atoms with Crippen molar-refractivity contribution in [2.45, 2.75) is 26.2 Å². The van der Waals surface area contributed by atoms with E-state index in [1.54, 1.807) is 0 Å². The molecule has 4 heteroatoms. The molecule has 0 heterocycles. The standard InChI is InChI=1S/C16H19Cl2NSi/c1-20(2,3)13-9-7-12(8-10-13)11-19-16-14(17)5-4-6-15(16)18/h4-10,19H,11H2,1-3H3. The van der Waals surface area contributed by atoms with E-state index < -0.39 is 8.07 Å². The highest BCUT2D eigenvalue weighted by Gasteiger charge is 2.15. The normalized spacial score (nSPS) is 11.4. The molecule has 0 unspecified atom stereocenters. The average Bonchev–Trinajstić information content (AvgIpc) is 2.37. The topological polar surface area (TPSA) is 12.0 Å². The van der Waals surface area contributed by atoms with Crippen LogP contribution in [0.5, 0.6) is 0 Å². The molecule has 106 valence electrons. The molecule has 0 amide bonds. The molecule has 0 spiro atoms. The summed E-state index contributed by atoms with van der Waals surface area (Å²) < 4.78 is 0. The van der Waals surface area contributed by atoms with E-state index in [1.807, 2.05) is 18.2 Å². The highest BCUT2D eigenvalue weighted by molar-refractivity contribution is 6.88. The van der Waals surface area contributed by atoms with Crippen molar-refractivity contribution in [1.82, 2.24) is 0 Å². The van der Waals surface area contributed by atoms with Gasteiger partial charge in [-0.25, -0.2) is 0 Å². The molecular formula is C16H19Cl2NSi. The van der Waals surface area contributed by atoms with Gasteiger partial charge in [0, 0.05) is 6.54 Å². The van der Waals surface area contributed by atoms with Crippen molar-refractivity contribution in [2.24, 2.45) is 0 Å². The van der Waals surface area contributed by atoms with Gasteiger partial charge >= 0.3 is 0 Å². The van der Waals surface area contributed by atoms with Crippen molar-refractivity contribution in [1.29, 1.82) is 0 Å². The van der Waals surface area contributed by atoms with Crippen LogP contribution in [-0.4, -0.2) is 8.07 Å². The lowest BCUT2D eigenvalue weighted by Crippen LogP contribution is -2.37. The molecule has 1 N–H and O–H groups in total. The van der Waals surface area contributed by atoms with E-state index >= 15 is 0 Å². The van der Waals surface area contributed by atoms with E-state index in [9.17, 15) is 0 Å². The van der Waals surface area contributed by atoms with Crippen LogP contribution < -0.4 is 10.5 Å². The number of halogens is 2. The fourth-order valence-corrected chi connectivity index (χ4v) is 3.68. The number of hydrogen-bond donors (Lipinski definition) is 1. The van der Waals surface area contributed by atoms with Gasteiger partial charge in [0.15, 0.2) is 0 Å². The first-order chi connectivity index (χ1) is 9.38. The lowest BCUT2D eigenvalue weighted by molar-refractivity contribution is 1.15. The molecule has 20 heavy (non-hydrogen) atoms. The molecule has 0 saturated heterocycles. The zero-order valence-corrected chi connectivity index (χ0v) is 14.5. The van der Waals surface area contributed by atoms with Gasteiger partial charge in [-0.2, -0.15) is 0 Å². The van der Waals surface area contributed by atoms with Crippen LogP contribution in [0.2, 0.25) is 29.7 Å². The Morgan fingerprint density at radius 2 is 1.45 bits per heavy atom. The fourth-order valence-electron chi connectivity index (χ4n) is 1.98. The maximum absolute atomic E-state index is 6.14. The number of rotatable bonds is 4. The molecule has 0 radical (unpaired) electrons. The minimum absolute atomic E-state index is 0.649. The van der Waals surface area contributed by atoms with E-state index in [1.165, 1.54) is 10.8 Å². The summed E-state index contributed by atoms with van der Waals surface area (Å²) in [6.07, 6.45) is 0. The van der Waals surface area contributed by atoms with Crippen LogP contribution in [0.3, 0.4) is 0 Å². The van der Waals surface area contributed by atoms with E-state index in [0.29, 0.717) is 10.0 Å². The zero-order chi connectivity index (χ0) is 14.8. The fraction of sp³-hybridized carbons (Fsp3) is 0.250. The summed E-state index contributed by atoms with van der Waals surface area (Å²) in [6.45, 7) is 7.77. The molecule has 0 aromatic heterocycles. The van der Waals surface area contributed by atoms with Crippen molar-refractivity contribution < 1.29 is 0 Å². The molecule has 2 aromatic carbocycles. The Balaban J connectivity index is 2.08. The molecule has 2 rings (SSSR count). The number of para-hydroxylation sites is 1. The molecule has 0 aliphatic carbocycles. The first-order valence-corrected chi connectivity index (χ1v) is 10.9. The summed E-state index contributed by atoms with van der Waals surface area (Å²) in [6, 6.07) is 14.3. The van der Waals surface area contributed by atoms with E-state index in [0.717, 1.165) is 12.2 Å². The minimum atomic E-state index is -1.22. The molecule has 0 aliphatic heterocycles. The SMILES string of the molecule is C[Si](C)(C)c1ccc(CNc2c(Cl)cccc2Cl)cc1. The van der Waals surface area contributed by atoms with Crippen LogP contribution in [-0.2, 0) is 6.54 Å². The summed E-state index contributed by atoms with van der Waals surface area (Å²) >= 11 is 12.3. The Morgan fingerprint density at radius 3 is 1.95 bits per heavy atom. The Labute approximate surface area is 131 Å². The van der Waals surface area contributed by atoms with Crippen LogP contribution in [0, 0.1) is 0 Å². The zero-order valence-electron chi connectivity index (χ0n) is 12.0. The van der Waals surface area contributed by atoms with Gasteiger partial charge in [-0.15, -0.1) is 0 Å². The predicted octanol–water partition coefficient (Wildman–Crippen LogP) is 5.15. The van der Waals surface area contributed by atoms with Gasteiger partial charge in [0.05, 0.1) is 23.8 Å². The van der Waals surface area contributed by atoms with E-state index in [4.69, 9.17) is 23.2 Å². The maximum Gasteiger partial charge on any atom is 0.0775 e. The molecule has 1 nitrogen and oxygen atoms in total. The van der Waals surface area contributed by atoms with Crippen LogP contribution in [0.1, 0.15) is 5.56 Å². The number of benzene rings is 2. The van der Waals surface area contributed by atoms with Crippen LogP contribution in [0.15, 0.2) is 42.5 Å². The van der Waals surface area contributed by atoms with Gasteiger partial charge in [0.25, 0.3) is 0 Å².